The van der Waals surface area contributed by atoms with Crippen molar-refractivity contribution >= 4 is 0 Å². The average molecular weight is 639 g/mol. The summed E-state index contributed by atoms with van der Waals surface area (Å²) in [6.07, 6.45) is 34.8. The van der Waals surface area contributed by atoms with Gasteiger partial charge in [0.25, 0.3) is 0 Å². The van der Waals surface area contributed by atoms with Crippen molar-refractivity contribution in [2.45, 2.75) is 189 Å². The third-order valence-corrected chi connectivity index (χ3v) is 8.88. The second-order valence-electron chi connectivity index (χ2n) is 13.0. The van der Waals surface area contributed by atoms with Crippen LogP contribution in [-0.2, 0) is 0 Å². The first-order chi connectivity index (χ1) is 19.6. The lowest BCUT2D eigenvalue weighted by atomic mass is 10.0. The SMILES string of the molecule is CCCCCCCC[N+](CCCCCCCC)(CCCCCCCC)CCCCCCCC.Cc1ccccc1.[Br-]. The Balaban J connectivity index is 0. The van der Waals surface area contributed by atoms with Crippen LogP contribution in [0.15, 0.2) is 30.3 Å². The molecule has 0 aliphatic rings. The molecule has 0 amide bonds. The lowest BCUT2D eigenvalue weighted by molar-refractivity contribution is -0.929. The lowest BCUT2D eigenvalue weighted by Crippen LogP contribution is -3.00. The summed E-state index contributed by atoms with van der Waals surface area (Å²) in [6.45, 7) is 17.3. The molecule has 0 bridgehead atoms. The van der Waals surface area contributed by atoms with Crippen molar-refractivity contribution in [3.8, 4) is 0 Å². The van der Waals surface area contributed by atoms with Crippen molar-refractivity contribution in [2.75, 3.05) is 26.2 Å². The zero-order valence-electron chi connectivity index (χ0n) is 29.0. The van der Waals surface area contributed by atoms with Gasteiger partial charge in [-0.15, -0.1) is 0 Å². The van der Waals surface area contributed by atoms with E-state index in [9.17, 15) is 0 Å². The predicted octanol–water partition coefficient (Wildman–Crippen LogP) is 10.2. The maximum Gasteiger partial charge on any atom is 0.0786 e. The van der Waals surface area contributed by atoms with Crippen LogP contribution < -0.4 is 17.0 Å². The maximum atomic E-state index is 2.34. The summed E-state index contributed by atoms with van der Waals surface area (Å²) < 4.78 is 1.48. The Morgan fingerprint density at radius 2 is 0.610 bits per heavy atom. The summed E-state index contributed by atoms with van der Waals surface area (Å²) >= 11 is 0. The van der Waals surface area contributed by atoms with E-state index in [1.807, 2.05) is 18.2 Å². The molecule has 0 heterocycles. The predicted molar refractivity (Wildman–Crippen MR) is 184 cm³/mol. The largest absolute Gasteiger partial charge is 1.00 e. The van der Waals surface area contributed by atoms with Gasteiger partial charge in [-0.2, -0.15) is 0 Å². The first-order valence-corrected chi connectivity index (χ1v) is 18.5. The van der Waals surface area contributed by atoms with Crippen molar-refractivity contribution < 1.29 is 21.5 Å². The van der Waals surface area contributed by atoms with Crippen molar-refractivity contribution in [1.29, 1.82) is 0 Å². The minimum Gasteiger partial charge on any atom is -1.00 e. The number of quaternary nitrogens is 1. The van der Waals surface area contributed by atoms with E-state index in [4.69, 9.17) is 0 Å². The Labute approximate surface area is 271 Å². The van der Waals surface area contributed by atoms with Gasteiger partial charge in [-0.1, -0.05) is 166 Å². The van der Waals surface area contributed by atoms with Crippen molar-refractivity contribution in [1.82, 2.24) is 0 Å². The van der Waals surface area contributed by atoms with Gasteiger partial charge < -0.3 is 21.5 Å². The highest BCUT2D eigenvalue weighted by atomic mass is 79.9. The molecule has 0 radical (unpaired) electrons. The van der Waals surface area contributed by atoms with Gasteiger partial charge in [0, 0.05) is 0 Å². The van der Waals surface area contributed by atoms with Crippen LogP contribution in [0.1, 0.15) is 187 Å². The van der Waals surface area contributed by atoms with E-state index in [1.165, 1.54) is 190 Å². The molecule has 0 spiro atoms. The molecule has 0 N–H and O–H groups in total. The quantitative estimate of drug-likeness (QED) is 0.0633. The number of unbranched alkanes of at least 4 members (excludes halogenated alkanes) is 20. The molecule has 0 saturated carbocycles. The topological polar surface area (TPSA) is 0 Å². The molecule has 0 aromatic heterocycles. The summed E-state index contributed by atoms with van der Waals surface area (Å²) in [6, 6.07) is 10.3. The zero-order chi connectivity index (χ0) is 29.4. The molecule has 0 saturated heterocycles. The van der Waals surface area contributed by atoms with Crippen molar-refractivity contribution in [3.05, 3.63) is 35.9 Å². The molecule has 0 fully saturated rings. The zero-order valence-corrected chi connectivity index (χ0v) is 30.6. The fourth-order valence-electron chi connectivity index (χ4n) is 6.12. The second-order valence-corrected chi connectivity index (χ2v) is 13.0. The van der Waals surface area contributed by atoms with Crippen LogP contribution in [0.2, 0.25) is 0 Å². The summed E-state index contributed by atoms with van der Waals surface area (Å²) in [5.74, 6) is 0. The minimum atomic E-state index is 0. The number of hydrogen-bond acceptors (Lipinski definition) is 0. The van der Waals surface area contributed by atoms with E-state index in [1.54, 1.807) is 0 Å². The van der Waals surface area contributed by atoms with Crippen molar-refractivity contribution in [2.24, 2.45) is 0 Å². The summed E-state index contributed by atoms with van der Waals surface area (Å²) in [7, 11) is 0. The van der Waals surface area contributed by atoms with Crippen LogP contribution >= 0.6 is 0 Å². The molecule has 0 unspecified atom stereocenters. The van der Waals surface area contributed by atoms with E-state index in [0.29, 0.717) is 0 Å². The van der Waals surface area contributed by atoms with E-state index < -0.39 is 0 Å². The number of halogens is 1. The smallest absolute Gasteiger partial charge is 0.0786 e. The van der Waals surface area contributed by atoms with Crippen molar-refractivity contribution in [3.63, 3.8) is 0 Å². The van der Waals surface area contributed by atoms with Gasteiger partial charge in [0.15, 0.2) is 0 Å². The molecule has 0 aliphatic carbocycles. The van der Waals surface area contributed by atoms with Gasteiger partial charge in [0.2, 0.25) is 0 Å². The molecule has 0 aliphatic heterocycles. The number of hydrogen-bond donors (Lipinski definition) is 0. The summed E-state index contributed by atoms with van der Waals surface area (Å²) in [4.78, 5) is 0. The van der Waals surface area contributed by atoms with Gasteiger partial charge in [-0.3, -0.25) is 0 Å². The highest BCUT2D eigenvalue weighted by molar-refractivity contribution is 5.11. The number of nitrogens with zero attached hydrogens (tertiary/aromatic N) is 1. The van der Waals surface area contributed by atoms with E-state index in [2.05, 4.69) is 46.8 Å². The molecular formula is C39H76BrN. The first-order valence-electron chi connectivity index (χ1n) is 18.5. The number of rotatable bonds is 28. The monoisotopic (exact) mass is 638 g/mol. The fourth-order valence-corrected chi connectivity index (χ4v) is 6.12. The first kappa shape index (κ1) is 42.8. The Hall–Kier alpha value is -0.340. The molecule has 1 rings (SSSR count). The molecule has 244 valence electrons. The maximum absolute atomic E-state index is 2.34. The summed E-state index contributed by atoms with van der Waals surface area (Å²) in [5.41, 5.74) is 1.32. The Kier molecular flexibility index (Phi) is 35.6. The fraction of sp³-hybridized carbons (Fsp3) is 0.846. The highest BCUT2D eigenvalue weighted by Crippen LogP contribution is 2.20. The van der Waals surface area contributed by atoms with Gasteiger partial charge in [-0.05, 0) is 58.3 Å². The van der Waals surface area contributed by atoms with Crippen LogP contribution in [0.5, 0.6) is 0 Å². The second kappa shape index (κ2) is 34.2. The third kappa shape index (κ3) is 29.5. The van der Waals surface area contributed by atoms with Crippen LogP contribution in [0.3, 0.4) is 0 Å². The van der Waals surface area contributed by atoms with Crippen LogP contribution in [0.25, 0.3) is 0 Å². The minimum absolute atomic E-state index is 0. The average Bonchev–Trinajstić information content (AvgIpc) is 2.97. The Bertz CT molecular complexity index is 517. The summed E-state index contributed by atoms with van der Waals surface area (Å²) in [5, 5.41) is 0. The molecule has 1 nitrogen and oxygen atoms in total. The van der Waals surface area contributed by atoms with E-state index in [-0.39, 0.29) is 17.0 Å². The van der Waals surface area contributed by atoms with E-state index >= 15 is 0 Å². The molecule has 1 aromatic rings. The number of aryl methyl sites for hydroxylation is 1. The van der Waals surface area contributed by atoms with Gasteiger partial charge in [0.05, 0.1) is 26.2 Å². The highest BCUT2D eigenvalue weighted by Gasteiger charge is 2.25. The molecule has 2 heteroatoms. The third-order valence-electron chi connectivity index (χ3n) is 8.88. The van der Waals surface area contributed by atoms with Crippen LogP contribution in [0.4, 0.5) is 0 Å². The van der Waals surface area contributed by atoms with Crippen LogP contribution in [0, 0.1) is 6.92 Å². The Morgan fingerprint density at radius 1 is 0.366 bits per heavy atom. The molecular weight excluding hydrogens is 562 g/mol. The van der Waals surface area contributed by atoms with E-state index in [0.717, 1.165) is 0 Å². The standard InChI is InChI=1S/C32H68N.C7H8.BrH/c1-5-9-13-17-21-25-29-33(30-26-22-18-14-10-6-2,31-27-23-19-15-11-7-3)32-28-24-20-16-12-8-4;1-7-5-3-2-4-6-7;/h5-32H2,1-4H3;2-6H,1H3;1H/q+1;;/p-1. The lowest BCUT2D eigenvalue weighted by Gasteiger charge is -2.40. The molecule has 0 atom stereocenters. The molecule has 1 aromatic carbocycles. The Morgan fingerprint density at radius 3 is 0.829 bits per heavy atom. The number of benzene rings is 1. The van der Waals surface area contributed by atoms with Gasteiger partial charge >= 0.3 is 0 Å². The van der Waals surface area contributed by atoms with Crippen LogP contribution in [-0.4, -0.2) is 30.7 Å². The van der Waals surface area contributed by atoms with Gasteiger partial charge in [0.1, 0.15) is 0 Å². The normalized spacial score (nSPS) is 11.1. The van der Waals surface area contributed by atoms with Gasteiger partial charge in [-0.25, -0.2) is 0 Å². The molecule has 41 heavy (non-hydrogen) atoms.